The molecular formula is C18H26O4. The minimum Gasteiger partial charge on any atom is -0.469 e. The molecule has 0 aromatic heterocycles. The lowest BCUT2D eigenvalue weighted by molar-refractivity contribution is -0.139. The number of carbonyl (C=O) groups is 1. The number of benzene rings is 1. The van der Waals surface area contributed by atoms with Crippen molar-refractivity contribution >= 4 is 5.97 Å². The maximum absolute atomic E-state index is 11.0. The van der Waals surface area contributed by atoms with Crippen molar-refractivity contribution in [3.63, 3.8) is 0 Å². The maximum Gasteiger partial charge on any atom is 0.309 e. The van der Waals surface area contributed by atoms with Crippen molar-refractivity contribution in [2.24, 2.45) is 5.92 Å². The number of aliphatic hydroxyl groups excluding tert-OH is 1. The van der Waals surface area contributed by atoms with Crippen LogP contribution in [-0.4, -0.2) is 30.4 Å². The van der Waals surface area contributed by atoms with E-state index in [2.05, 4.69) is 4.74 Å². The standard InChI is InChI=1S/C18H26O4/c1-14(8-7-11-18(20)21-3)17(19)12-15(2)22-13-16-9-5-4-6-10-16/h4-10,14-15,17,19H,11-13H2,1-3H3/b8-7+/t14-,15+,17-/m0/s1. The summed E-state index contributed by atoms with van der Waals surface area (Å²) in [5, 5.41) is 10.2. The first-order valence-electron chi connectivity index (χ1n) is 7.60. The summed E-state index contributed by atoms with van der Waals surface area (Å²) in [6, 6.07) is 9.96. The highest BCUT2D eigenvalue weighted by Gasteiger charge is 2.15. The first-order valence-corrected chi connectivity index (χ1v) is 7.60. The second-order valence-corrected chi connectivity index (χ2v) is 5.48. The van der Waals surface area contributed by atoms with Crippen LogP contribution in [0, 0.1) is 5.92 Å². The number of methoxy groups -OCH3 is 1. The molecular weight excluding hydrogens is 280 g/mol. The minimum absolute atomic E-state index is 0.0348. The number of aliphatic hydroxyl groups is 1. The van der Waals surface area contributed by atoms with Gasteiger partial charge >= 0.3 is 5.97 Å². The Morgan fingerprint density at radius 1 is 1.27 bits per heavy atom. The van der Waals surface area contributed by atoms with E-state index >= 15 is 0 Å². The lowest BCUT2D eigenvalue weighted by Gasteiger charge is -2.20. The van der Waals surface area contributed by atoms with Gasteiger partial charge in [-0.2, -0.15) is 0 Å². The molecule has 0 saturated heterocycles. The molecule has 0 heterocycles. The normalized spacial score (nSPS) is 15.5. The Morgan fingerprint density at radius 2 is 1.95 bits per heavy atom. The molecule has 0 fully saturated rings. The van der Waals surface area contributed by atoms with E-state index in [1.807, 2.05) is 50.3 Å². The van der Waals surface area contributed by atoms with E-state index in [1.54, 1.807) is 6.08 Å². The molecule has 22 heavy (non-hydrogen) atoms. The highest BCUT2D eigenvalue weighted by Crippen LogP contribution is 2.14. The first-order chi connectivity index (χ1) is 10.5. The molecule has 0 bridgehead atoms. The fraction of sp³-hybridized carbons (Fsp3) is 0.500. The number of hydrogen-bond acceptors (Lipinski definition) is 4. The van der Waals surface area contributed by atoms with E-state index in [-0.39, 0.29) is 24.4 Å². The summed E-state index contributed by atoms with van der Waals surface area (Å²) in [5.41, 5.74) is 1.12. The van der Waals surface area contributed by atoms with E-state index in [0.717, 1.165) is 5.56 Å². The second-order valence-electron chi connectivity index (χ2n) is 5.48. The monoisotopic (exact) mass is 306 g/mol. The highest BCUT2D eigenvalue weighted by molar-refractivity contribution is 5.70. The minimum atomic E-state index is -0.500. The first kappa shape index (κ1) is 18.4. The molecule has 3 atom stereocenters. The van der Waals surface area contributed by atoms with Gasteiger partial charge in [0.1, 0.15) is 0 Å². The van der Waals surface area contributed by atoms with Gasteiger partial charge in [-0.25, -0.2) is 0 Å². The molecule has 0 saturated carbocycles. The van der Waals surface area contributed by atoms with Gasteiger partial charge in [0, 0.05) is 5.92 Å². The molecule has 1 aromatic carbocycles. The number of carbonyl (C=O) groups excluding carboxylic acids is 1. The Hall–Kier alpha value is -1.65. The van der Waals surface area contributed by atoms with Crippen LogP contribution in [0.4, 0.5) is 0 Å². The van der Waals surface area contributed by atoms with Gasteiger partial charge in [-0.1, -0.05) is 49.4 Å². The van der Waals surface area contributed by atoms with Gasteiger partial charge in [0.2, 0.25) is 0 Å². The number of hydrogen-bond donors (Lipinski definition) is 1. The van der Waals surface area contributed by atoms with Crippen molar-refractivity contribution in [1.29, 1.82) is 0 Å². The molecule has 0 aliphatic rings. The average Bonchev–Trinajstić information content (AvgIpc) is 2.53. The van der Waals surface area contributed by atoms with Crippen LogP contribution in [-0.2, 0) is 20.9 Å². The highest BCUT2D eigenvalue weighted by atomic mass is 16.5. The molecule has 0 spiro atoms. The van der Waals surface area contributed by atoms with Gasteiger partial charge < -0.3 is 14.6 Å². The molecule has 4 nitrogen and oxygen atoms in total. The van der Waals surface area contributed by atoms with E-state index < -0.39 is 6.10 Å². The predicted molar refractivity (Wildman–Crippen MR) is 86.3 cm³/mol. The smallest absolute Gasteiger partial charge is 0.309 e. The summed E-state index contributed by atoms with van der Waals surface area (Å²) in [6.07, 6.45) is 3.82. The molecule has 0 aliphatic carbocycles. The molecule has 122 valence electrons. The molecule has 0 amide bonds. The van der Waals surface area contributed by atoms with E-state index in [4.69, 9.17) is 4.74 Å². The predicted octanol–water partition coefficient (Wildman–Crippen LogP) is 3.10. The number of esters is 1. The van der Waals surface area contributed by atoms with Crippen LogP contribution in [0.5, 0.6) is 0 Å². The van der Waals surface area contributed by atoms with E-state index in [1.165, 1.54) is 7.11 Å². The third-order valence-corrected chi connectivity index (χ3v) is 3.51. The largest absolute Gasteiger partial charge is 0.469 e. The van der Waals surface area contributed by atoms with Crippen molar-refractivity contribution < 1.29 is 19.4 Å². The summed E-state index contributed by atoms with van der Waals surface area (Å²) in [5.74, 6) is -0.315. The Morgan fingerprint density at radius 3 is 2.59 bits per heavy atom. The van der Waals surface area contributed by atoms with Crippen LogP contribution in [0.15, 0.2) is 42.5 Å². The zero-order valence-electron chi connectivity index (χ0n) is 13.6. The summed E-state index contributed by atoms with van der Waals surface area (Å²) < 4.78 is 10.3. The zero-order valence-corrected chi connectivity index (χ0v) is 13.6. The SMILES string of the molecule is COC(=O)C/C=C/[C@H](C)[C@@H](O)C[C@@H](C)OCc1ccccc1. The van der Waals surface area contributed by atoms with Crippen molar-refractivity contribution in [3.05, 3.63) is 48.0 Å². The third kappa shape index (κ3) is 7.38. The van der Waals surface area contributed by atoms with Crippen LogP contribution in [0.25, 0.3) is 0 Å². The van der Waals surface area contributed by atoms with E-state index in [0.29, 0.717) is 13.0 Å². The number of rotatable bonds is 9. The Balaban J connectivity index is 2.30. The lowest BCUT2D eigenvalue weighted by atomic mass is 9.99. The number of ether oxygens (including phenoxy) is 2. The quantitative estimate of drug-likeness (QED) is 0.562. The Kier molecular flexibility index (Phi) is 8.48. The van der Waals surface area contributed by atoms with Crippen molar-refractivity contribution in [2.75, 3.05) is 7.11 Å². The van der Waals surface area contributed by atoms with E-state index in [9.17, 15) is 9.90 Å². The summed E-state index contributed by atoms with van der Waals surface area (Å²) in [7, 11) is 1.36. The summed E-state index contributed by atoms with van der Waals surface area (Å²) in [6.45, 7) is 4.42. The van der Waals surface area contributed by atoms with Gasteiger partial charge in [0.25, 0.3) is 0 Å². The topological polar surface area (TPSA) is 55.8 Å². The molecule has 1 aromatic rings. The zero-order chi connectivity index (χ0) is 16.4. The van der Waals surface area contributed by atoms with Crippen LogP contribution in [0.3, 0.4) is 0 Å². The third-order valence-electron chi connectivity index (χ3n) is 3.51. The van der Waals surface area contributed by atoms with Gasteiger partial charge in [-0.05, 0) is 18.9 Å². The lowest BCUT2D eigenvalue weighted by Crippen LogP contribution is -2.23. The molecule has 0 unspecified atom stereocenters. The van der Waals surface area contributed by atoms with Crippen LogP contribution < -0.4 is 0 Å². The van der Waals surface area contributed by atoms with Gasteiger partial charge in [-0.3, -0.25) is 4.79 Å². The van der Waals surface area contributed by atoms with Crippen LogP contribution >= 0.6 is 0 Å². The molecule has 1 N–H and O–H groups in total. The second kappa shape index (κ2) is 10.1. The van der Waals surface area contributed by atoms with Gasteiger partial charge in [0.15, 0.2) is 0 Å². The average molecular weight is 306 g/mol. The van der Waals surface area contributed by atoms with Crippen molar-refractivity contribution in [1.82, 2.24) is 0 Å². The van der Waals surface area contributed by atoms with Crippen molar-refractivity contribution in [2.45, 2.75) is 45.5 Å². The fourth-order valence-electron chi connectivity index (χ4n) is 2.03. The molecule has 0 aliphatic heterocycles. The van der Waals surface area contributed by atoms with Gasteiger partial charge in [-0.15, -0.1) is 0 Å². The van der Waals surface area contributed by atoms with Crippen molar-refractivity contribution in [3.8, 4) is 0 Å². The van der Waals surface area contributed by atoms with Crippen LogP contribution in [0.2, 0.25) is 0 Å². The fourth-order valence-corrected chi connectivity index (χ4v) is 2.03. The molecule has 0 radical (unpaired) electrons. The summed E-state index contributed by atoms with van der Waals surface area (Å²) in [4.78, 5) is 11.0. The maximum atomic E-state index is 11.0. The Bertz CT molecular complexity index is 455. The molecule has 4 heteroatoms. The summed E-state index contributed by atoms with van der Waals surface area (Å²) >= 11 is 0. The molecule has 1 rings (SSSR count). The van der Waals surface area contributed by atoms with Gasteiger partial charge in [0.05, 0.1) is 32.3 Å². The van der Waals surface area contributed by atoms with Crippen LogP contribution in [0.1, 0.15) is 32.3 Å². The Labute approximate surface area is 132 Å².